The quantitative estimate of drug-likeness (QED) is 0.322. The van der Waals surface area contributed by atoms with Crippen LogP contribution >= 0.6 is 0 Å². The highest BCUT2D eigenvalue weighted by molar-refractivity contribution is 5.96. The summed E-state index contributed by atoms with van der Waals surface area (Å²) in [7, 11) is 5.95. The molecule has 4 aromatic rings. The van der Waals surface area contributed by atoms with Crippen molar-refractivity contribution in [3.8, 4) is 28.3 Å². The average molecular weight is 515 g/mol. The molecule has 1 atom stereocenters. The first-order valence-electron chi connectivity index (χ1n) is 13.0. The topological polar surface area (TPSA) is 77.2 Å². The maximum absolute atomic E-state index is 13.4. The Balaban J connectivity index is 1.62. The van der Waals surface area contributed by atoms with Crippen LogP contribution in [0.4, 0.5) is 0 Å². The summed E-state index contributed by atoms with van der Waals surface area (Å²) in [6.07, 6.45) is 1.98. The van der Waals surface area contributed by atoms with Gasteiger partial charge in [-0.05, 0) is 95.4 Å². The monoisotopic (exact) mass is 514 g/mol. The molecule has 0 radical (unpaired) electrons. The van der Waals surface area contributed by atoms with Crippen molar-refractivity contribution in [3.63, 3.8) is 0 Å². The predicted molar refractivity (Wildman–Crippen MR) is 151 cm³/mol. The number of hydrogen-bond donors (Lipinski definition) is 1. The number of carbonyl (C=O) groups excluding carboxylic acids is 1. The molecule has 1 amide bonds. The van der Waals surface area contributed by atoms with Gasteiger partial charge in [-0.25, -0.2) is 0 Å². The molecule has 38 heavy (non-hydrogen) atoms. The van der Waals surface area contributed by atoms with E-state index in [1.807, 2.05) is 81.7 Å². The van der Waals surface area contributed by atoms with E-state index in [4.69, 9.17) is 9.84 Å². The van der Waals surface area contributed by atoms with Crippen LogP contribution < -0.4 is 10.1 Å². The number of nitrogens with one attached hydrogen (secondary N) is 1. The lowest BCUT2D eigenvalue weighted by Gasteiger charge is -2.18. The number of nitrogens with zero attached hydrogens (tertiary/aromatic N) is 5. The van der Waals surface area contributed by atoms with E-state index in [0.717, 1.165) is 52.4 Å². The van der Waals surface area contributed by atoms with E-state index in [9.17, 15) is 4.79 Å². The SMILES string of the molecule is CCn1ccc(-c2cc(-c3cc(C)n(C)n3)cc([C@@H](C)NC(=O)c3cc(OCCN(C)C)ccc3C)c2)n1. The van der Waals surface area contributed by atoms with E-state index >= 15 is 0 Å². The molecule has 0 saturated carbocycles. The Morgan fingerprint density at radius 1 is 1.03 bits per heavy atom. The third-order valence-electron chi connectivity index (χ3n) is 6.73. The van der Waals surface area contributed by atoms with Gasteiger partial charge in [-0.15, -0.1) is 0 Å². The number of aromatic nitrogens is 4. The summed E-state index contributed by atoms with van der Waals surface area (Å²) in [5, 5.41) is 12.6. The summed E-state index contributed by atoms with van der Waals surface area (Å²) in [5.41, 5.74) is 7.32. The summed E-state index contributed by atoms with van der Waals surface area (Å²) in [6, 6.07) is 15.8. The van der Waals surface area contributed by atoms with Gasteiger partial charge in [0.05, 0.1) is 17.4 Å². The molecule has 8 nitrogen and oxygen atoms in total. The van der Waals surface area contributed by atoms with Gasteiger partial charge < -0.3 is 15.0 Å². The number of carbonyl (C=O) groups is 1. The number of amides is 1. The van der Waals surface area contributed by atoms with Crippen molar-refractivity contribution >= 4 is 5.91 Å². The van der Waals surface area contributed by atoms with Gasteiger partial charge in [0, 0.05) is 48.7 Å². The van der Waals surface area contributed by atoms with Crippen LogP contribution in [0, 0.1) is 13.8 Å². The Labute approximate surface area is 225 Å². The van der Waals surface area contributed by atoms with Gasteiger partial charge in [0.1, 0.15) is 12.4 Å². The number of hydrogen-bond acceptors (Lipinski definition) is 5. The minimum absolute atomic E-state index is 0.135. The molecule has 4 rings (SSSR count). The highest BCUT2D eigenvalue weighted by Crippen LogP contribution is 2.30. The molecule has 0 unspecified atom stereocenters. The van der Waals surface area contributed by atoms with Gasteiger partial charge in [0.25, 0.3) is 5.91 Å². The molecule has 8 heteroatoms. The van der Waals surface area contributed by atoms with E-state index in [0.29, 0.717) is 17.9 Å². The highest BCUT2D eigenvalue weighted by atomic mass is 16.5. The molecule has 2 aromatic carbocycles. The van der Waals surface area contributed by atoms with Crippen molar-refractivity contribution in [3.05, 3.63) is 77.1 Å². The van der Waals surface area contributed by atoms with Crippen molar-refractivity contribution in [1.82, 2.24) is 29.8 Å². The normalized spacial score (nSPS) is 12.1. The van der Waals surface area contributed by atoms with Crippen LogP contribution in [0.3, 0.4) is 0 Å². The highest BCUT2D eigenvalue weighted by Gasteiger charge is 2.18. The minimum atomic E-state index is -0.239. The Hall–Kier alpha value is -3.91. The van der Waals surface area contributed by atoms with Crippen LogP contribution in [0.5, 0.6) is 5.75 Å². The summed E-state index contributed by atoms with van der Waals surface area (Å²) >= 11 is 0. The second-order valence-electron chi connectivity index (χ2n) is 10.0. The molecular weight excluding hydrogens is 476 g/mol. The van der Waals surface area contributed by atoms with Gasteiger partial charge in [0.2, 0.25) is 0 Å². The van der Waals surface area contributed by atoms with Crippen molar-refractivity contribution in [2.75, 3.05) is 27.2 Å². The molecular formula is C30H38N6O2. The van der Waals surface area contributed by atoms with Crippen LogP contribution in [-0.2, 0) is 13.6 Å². The summed E-state index contributed by atoms with van der Waals surface area (Å²) in [5.74, 6) is 0.556. The number of likely N-dealkylation sites (N-methyl/N-ethyl adjacent to an activating group) is 1. The summed E-state index contributed by atoms with van der Waals surface area (Å²) in [6.45, 7) is 10.2. The van der Waals surface area contributed by atoms with E-state index in [2.05, 4.69) is 46.5 Å². The van der Waals surface area contributed by atoms with Crippen LogP contribution in [0.2, 0.25) is 0 Å². The van der Waals surface area contributed by atoms with Crippen LogP contribution in [0.25, 0.3) is 22.5 Å². The maximum Gasteiger partial charge on any atom is 0.252 e. The molecule has 200 valence electrons. The van der Waals surface area contributed by atoms with Crippen LogP contribution in [-0.4, -0.2) is 57.6 Å². The average Bonchev–Trinajstić information content (AvgIpc) is 3.51. The molecule has 0 bridgehead atoms. The van der Waals surface area contributed by atoms with E-state index in [1.54, 1.807) is 0 Å². The van der Waals surface area contributed by atoms with Gasteiger partial charge in [-0.2, -0.15) is 10.2 Å². The van der Waals surface area contributed by atoms with E-state index in [-0.39, 0.29) is 11.9 Å². The summed E-state index contributed by atoms with van der Waals surface area (Å²) < 4.78 is 9.65. The number of ether oxygens (including phenoxy) is 1. The van der Waals surface area contributed by atoms with E-state index in [1.165, 1.54) is 0 Å². The van der Waals surface area contributed by atoms with Gasteiger partial charge in [-0.1, -0.05) is 6.07 Å². The van der Waals surface area contributed by atoms with Crippen molar-refractivity contribution in [1.29, 1.82) is 0 Å². The molecule has 0 spiro atoms. The largest absolute Gasteiger partial charge is 0.492 e. The van der Waals surface area contributed by atoms with Crippen LogP contribution in [0.1, 0.15) is 47.1 Å². The fourth-order valence-electron chi connectivity index (χ4n) is 4.23. The fraction of sp³-hybridized carbons (Fsp3) is 0.367. The molecule has 2 heterocycles. The first-order chi connectivity index (χ1) is 18.1. The maximum atomic E-state index is 13.4. The number of aryl methyl sites for hydroxylation is 4. The first kappa shape index (κ1) is 27.1. The molecule has 0 aliphatic rings. The molecule has 2 aromatic heterocycles. The van der Waals surface area contributed by atoms with E-state index < -0.39 is 0 Å². The standard InChI is InChI=1S/C30H38N6O2/c1-8-36-12-11-28(33-36)24-16-23(17-25(18-24)29-15-21(3)35(7)32-29)22(4)31-30(37)27-19-26(10-9-20(27)2)38-14-13-34(5)6/h9-12,15-19,22H,8,13-14H2,1-7H3,(H,31,37)/t22-/m1/s1. The van der Waals surface area contributed by atoms with Crippen molar-refractivity contribution in [2.45, 2.75) is 40.3 Å². The molecule has 0 aliphatic heterocycles. The van der Waals surface area contributed by atoms with Crippen molar-refractivity contribution < 1.29 is 9.53 Å². The molecule has 0 fully saturated rings. The second kappa shape index (κ2) is 11.6. The molecule has 1 N–H and O–H groups in total. The fourth-order valence-corrected chi connectivity index (χ4v) is 4.23. The summed E-state index contributed by atoms with van der Waals surface area (Å²) in [4.78, 5) is 15.4. The number of benzene rings is 2. The Morgan fingerprint density at radius 2 is 1.76 bits per heavy atom. The predicted octanol–water partition coefficient (Wildman–Crippen LogP) is 5.02. The smallest absolute Gasteiger partial charge is 0.252 e. The Morgan fingerprint density at radius 3 is 2.39 bits per heavy atom. The van der Waals surface area contributed by atoms with Gasteiger partial charge >= 0.3 is 0 Å². The van der Waals surface area contributed by atoms with Gasteiger partial charge in [-0.3, -0.25) is 14.2 Å². The molecule has 0 aliphatic carbocycles. The number of rotatable bonds is 10. The van der Waals surface area contributed by atoms with Gasteiger partial charge in [0.15, 0.2) is 0 Å². The van der Waals surface area contributed by atoms with Crippen LogP contribution in [0.15, 0.2) is 54.7 Å². The zero-order chi connectivity index (χ0) is 27.4. The lowest BCUT2D eigenvalue weighted by molar-refractivity contribution is 0.0938. The zero-order valence-corrected chi connectivity index (χ0v) is 23.4. The molecule has 0 saturated heterocycles. The second-order valence-corrected chi connectivity index (χ2v) is 10.0. The lowest BCUT2D eigenvalue weighted by Crippen LogP contribution is -2.27. The zero-order valence-electron chi connectivity index (χ0n) is 23.4. The lowest BCUT2D eigenvalue weighted by atomic mass is 9.97. The first-order valence-corrected chi connectivity index (χ1v) is 13.0. The third kappa shape index (κ3) is 6.31. The third-order valence-corrected chi connectivity index (χ3v) is 6.73. The Bertz CT molecular complexity index is 1400. The Kier molecular flexibility index (Phi) is 8.32. The van der Waals surface area contributed by atoms with Crippen molar-refractivity contribution in [2.24, 2.45) is 7.05 Å². The minimum Gasteiger partial charge on any atom is -0.492 e.